The molecule has 0 spiro atoms. The molecule has 0 saturated carbocycles. The summed E-state index contributed by atoms with van der Waals surface area (Å²) in [4.78, 5) is 12.8. The number of furan rings is 1. The van der Waals surface area contributed by atoms with Gasteiger partial charge in [0.1, 0.15) is 5.76 Å². The molecule has 0 saturated heterocycles. The van der Waals surface area contributed by atoms with Crippen molar-refractivity contribution in [1.82, 2.24) is 5.43 Å². The Bertz CT molecular complexity index is 998. The lowest BCUT2D eigenvalue weighted by atomic mass is 9.75. The smallest absolute Gasteiger partial charge is 0.291 e. The summed E-state index contributed by atoms with van der Waals surface area (Å²) in [5.41, 5.74) is 10.7. The molecule has 6 nitrogen and oxygen atoms in total. The predicted molar refractivity (Wildman–Crippen MR) is 116 cm³/mol. The first-order valence-electron chi connectivity index (χ1n) is 8.58. The zero-order valence-electron chi connectivity index (χ0n) is 15.7. The second kappa shape index (κ2) is 7.73. The van der Waals surface area contributed by atoms with Gasteiger partial charge >= 0.3 is 0 Å². The molecule has 1 aromatic heterocycles. The maximum Gasteiger partial charge on any atom is 0.291 e. The van der Waals surface area contributed by atoms with Gasteiger partial charge in [0.05, 0.1) is 16.4 Å². The number of benzene rings is 1. The topological polar surface area (TPSA) is 92.6 Å². The minimum Gasteiger partial charge on any atom is -0.455 e. The molecule has 0 radical (unpaired) electrons. The first kappa shape index (κ1) is 20.6. The van der Waals surface area contributed by atoms with Crippen molar-refractivity contribution >= 4 is 57.8 Å². The minimum atomic E-state index is -0.407. The number of fused-ring (bicyclic) bond motifs is 1. The fraction of sp³-hybridized carbons (Fsp3) is 0.316. The van der Waals surface area contributed by atoms with Crippen LogP contribution < -0.4 is 16.5 Å². The molecule has 3 rings (SSSR count). The van der Waals surface area contributed by atoms with E-state index in [0.29, 0.717) is 39.9 Å². The van der Waals surface area contributed by atoms with Gasteiger partial charge < -0.3 is 15.5 Å². The summed E-state index contributed by atoms with van der Waals surface area (Å²) in [5, 5.41) is 8.02. The highest BCUT2D eigenvalue weighted by atomic mass is 35.5. The Morgan fingerprint density at radius 1 is 1.32 bits per heavy atom. The quantitative estimate of drug-likeness (QED) is 0.478. The SMILES string of the molecule is Cc1c(C(=O)Nc2cc(Cl)ccc2Cl)oc2c1/C(=N\NC(N)=S)CC(C)(C)C2. The largest absolute Gasteiger partial charge is 0.455 e. The molecule has 1 aliphatic rings. The van der Waals surface area contributed by atoms with Crippen molar-refractivity contribution in [2.75, 3.05) is 5.32 Å². The highest BCUT2D eigenvalue weighted by Gasteiger charge is 2.36. The highest BCUT2D eigenvalue weighted by Crippen LogP contribution is 2.39. The lowest BCUT2D eigenvalue weighted by Gasteiger charge is -2.29. The van der Waals surface area contributed by atoms with Crippen molar-refractivity contribution in [3.8, 4) is 0 Å². The van der Waals surface area contributed by atoms with Gasteiger partial charge in [0.2, 0.25) is 0 Å². The molecule has 1 heterocycles. The normalized spacial score (nSPS) is 16.5. The van der Waals surface area contributed by atoms with Crippen LogP contribution in [0.2, 0.25) is 10.0 Å². The van der Waals surface area contributed by atoms with Crippen LogP contribution in [-0.2, 0) is 6.42 Å². The zero-order chi connectivity index (χ0) is 20.6. The molecule has 2 aromatic rings. The van der Waals surface area contributed by atoms with Crippen molar-refractivity contribution in [2.24, 2.45) is 16.3 Å². The summed E-state index contributed by atoms with van der Waals surface area (Å²) < 4.78 is 5.95. The minimum absolute atomic E-state index is 0.0761. The molecule has 0 fully saturated rings. The molecule has 1 amide bonds. The van der Waals surface area contributed by atoms with Gasteiger partial charge in [0.25, 0.3) is 5.91 Å². The summed E-state index contributed by atoms with van der Waals surface area (Å²) in [6, 6.07) is 4.85. The fourth-order valence-electron chi connectivity index (χ4n) is 3.32. The molecule has 4 N–H and O–H groups in total. The van der Waals surface area contributed by atoms with Crippen LogP contribution in [0.3, 0.4) is 0 Å². The van der Waals surface area contributed by atoms with Crippen LogP contribution in [-0.4, -0.2) is 16.7 Å². The van der Waals surface area contributed by atoms with Gasteiger partial charge in [-0.3, -0.25) is 10.2 Å². The molecule has 148 valence electrons. The number of hydrogen-bond acceptors (Lipinski definition) is 4. The summed E-state index contributed by atoms with van der Waals surface area (Å²) in [6.07, 6.45) is 1.37. The van der Waals surface area contributed by atoms with Gasteiger partial charge in [-0.05, 0) is 49.2 Å². The van der Waals surface area contributed by atoms with Crippen molar-refractivity contribution < 1.29 is 9.21 Å². The standard InChI is InChI=1S/C19H20Cl2N4O2S/c1-9-15-13(24-25-18(22)28)7-19(2,3)8-14(15)27-16(9)17(26)23-12-6-10(20)4-5-11(12)21/h4-6H,7-8H2,1-3H3,(H,23,26)(H3,22,25,28)/b24-13-. The number of hydrazone groups is 1. The van der Waals surface area contributed by atoms with Crippen molar-refractivity contribution in [3.05, 3.63) is 50.9 Å². The van der Waals surface area contributed by atoms with E-state index in [1.54, 1.807) is 18.2 Å². The maximum absolute atomic E-state index is 12.8. The molecule has 9 heteroatoms. The van der Waals surface area contributed by atoms with Crippen molar-refractivity contribution in [2.45, 2.75) is 33.6 Å². The van der Waals surface area contributed by atoms with E-state index >= 15 is 0 Å². The second-order valence-electron chi connectivity index (χ2n) is 7.48. The van der Waals surface area contributed by atoms with Crippen LogP contribution in [0.15, 0.2) is 27.7 Å². The maximum atomic E-state index is 12.8. The number of nitrogens with one attached hydrogen (secondary N) is 2. The second-order valence-corrected chi connectivity index (χ2v) is 8.77. The third kappa shape index (κ3) is 4.32. The van der Waals surface area contributed by atoms with Gasteiger partial charge in [0, 0.05) is 22.6 Å². The Morgan fingerprint density at radius 2 is 2.04 bits per heavy atom. The number of amides is 1. The van der Waals surface area contributed by atoms with E-state index in [2.05, 4.69) is 29.7 Å². The number of halogens is 2. The molecule has 0 unspecified atom stereocenters. The predicted octanol–water partition coefficient (Wildman–Crippen LogP) is 4.66. The Balaban J connectivity index is 1.99. The summed E-state index contributed by atoms with van der Waals surface area (Å²) in [5.74, 6) is 0.511. The van der Waals surface area contributed by atoms with E-state index in [1.807, 2.05) is 6.92 Å². The van der Waals surface area contributed by atoms with Crippen molar-refractivity contribution in [1.29, 1.82) is 0 Å². The first-order valence-corrected chi connectivity index (χ1v) is 9.75. The average Bonchev–Trinajstić information content (AvgIpc) is 2.91. The van der Waals surface area contributed by atoms with Crippen LogP contribution in [0.5, 0.6) is 0 Å². The fourth-order valence-corrected chi connectivity index (χ4v) is 3.70. The lowest BCUT2D eigenvalue weighted by Crippen LogP contribution is -2.31. The van der Waals surface area contributed by atoms with E-state index in [0.717, 1.165) is 11.3 Å². The number of nitrogens with zero attached hydrogens (tertiary/aromatic N) is 1. The molecule has 1 aromatic carbocycles. The van der Waals surface area contributed by atoms with Gasteiger partial charge in [-0.2, -0.15) is 5.10 Å². The number of carbonyl (C=O) groups excluding carboxylic acids is 1. The third-order valence-electron chi connectivity index (χ3n) is 4.48. The van der Waals surface area contributed by atoms with Crippen LogP contribution in [0.4, 0.5) is 5.69 Å². The van der Waals surface area contributed by atoms with Gasteiger partial charge in [-0.1, -0.05) is 37.0 Å². The van der Waals surface area contributed by atoms with Gasteiger partial charge in [-0.15, -0.1) is 0 Å². The molecule has 0 aliphatic heterocycles. The molecule has 1 aliphatic carbocycles. The summed E-state index contributed by atoms with van der Waals surface area (Å²) in [7, 11) is 0. The molecule has 28 heavy (non-hydrogen) atoms. The number of thiocarbonyl (C=S) groups is 1. The van der Waals surface area contributed by atoms with Crippen LogP contribution >= 0.6 is 35.4 Å². The monoisotopic (exact) mass is 438 g/mol. The summed E-state index contributed by atoms with van der Waals surface area (Å²) >= 11 is 17.0. The van der Waals surface area contributed by atoms with E-state index in [9.17, 15) is 4.79 Å². The number of nitrogens with two attached hydrogens (primary N) is 1. The Kier molecular flexibility index (Phi) is 5.70. The van der Waals surface area contributed by atoms with E-state index in [4.69, 9.17) is 45.6 Å². The average molecular weight is 439 g/mol. The lowest BCUT2D eigenvalue weighted by molar-refractivity contribution is 0.0993. The molecular formula is C19H20Cl2N4O2S. The van der Waals surface area contributed by atoms with Gasteiger partial charge in [0.15, 0.2) is 10.9 Å². The van der Waals surface area contributed by atoms with Crippen LogP contribution in [0.25, 0.3) is 0 Å². The van der Waals surface area contributed by atoms with E-state index in [-0.39, 0.29) is 16.3 Å². The molecular weight excluding hydrogens is 419 g/mol. The highest BCUT2D eigenvalue weighted by molar-refractivity contribution is 7.80. The Morgan fingerprint density at radius 3 is 2.71 bits per heavy atom. The van der Waals surface area contributed by atoms with Crippen molar-refractivity contribution in [3.63, 3.8) is 0 Å². The van der Waals surface area contributed by atoms with Crippen LogP contribution in [0.1, 0.15) is 47.7 Å². The third-order valence-corrected chi connectivity index (χ3v) is 5.13. The Hall–Kier alpha value is -2.09. The van der Waals surface area contributed by atoms with E-state index in [1.165, 1.54) is 0 Å². The Labute approximate surface area is 178 Å². The number of carbonyl (C=O) groups is 1. The number of anilines is 1. The molecule has 0 atom stereocenters. The first-order chi connectivity index (χ1) is 13.1. The van der Waals surface area contributed by atoms with Crippen LogP contribution in [0, 0.1) is 12.3 Å². The number of hydrogen-bond donors (Lipinski definition) is 3. The number of rotatable bonds is 3. The van der Waals surface area contributed by atoms with E-state index < -0.39 is 5.91 Å². The molecule has 0 bridgehead atoms. The van der Waals surface area contributed by atoms with Gasteiger partial charge in [-0.25, -0.2) is 0 Å². The zero-order valence-corrected chi connectivity index (χ0v) is 18.0. The summed E-state index contributed by atoms with van der Waals surface area (Å²) in [6.45, 7) is 6.04.